The van der Waals surface area contributed by atoms with Crippen LogP contribution in [-0.4, -0.2) is 16.1 Å². The summed E-state index contributed by atoms with van der Waals surface area (Å²) in [6.07, 6.45) is -8.33. The molecule has 0 aliphatic rings. The van der Waals surface area contributed by atoms with Crippen LogP contribution >= 0.6 is 34.8 Å². The van der Waals surface area contributed by atoms with E-state index >= 15 is 0 Å². The smallest absolute Gasteiger partial charge is 0.208 e. The number of hydrogen-bond donors (Lipinski definition) is 0. The molecular weight excluding hydrogens is 292 g/mol. The molecule has 0 fully saturated rings. The zero-order valence-electron chi connectivity index (χ0n) is 6.89. The Kier molecular flexibility index (Phi) is 4.90. The van der Waals surface area contributed by atoms with Crippen molar-refractivity contribution in [2.75, 3.05) is 0 Å². The Morgan fingerprint density at radius 2 is 1.20 bits per heavy atom. The summed E-state index contributed by atoms with van der Waals surface area (Å²) in [5.74, 6) is -2.33. The van der Waals surface area contributed by atoms with Gasteiger partial charge in [-0.15, -0.1) is 0 Å². The number of alkyl halides is 9. The molecule has 92 valence electrons. The minimum atomic E-state index is -4.85. The lowest BCUT2D eigenvalue weighted by molar-refractivity contribution is -0.152. The minimum absolute atomic E-state index is 1.60. The summed E-state index contributed by atoms with van der Waals surface area (Å²) in [6, 6.07) is 0. The molecule has 0 aromatic carbocycles. The molecule has 0 saturated heterocycles. The van der Waals surface area contributed by atoms with Gasteiger partial charge in [0.15, 0.2) is 0 Å². The molecule has 0 N–H and O–H groups in total. The second-order valence-electron chi connectivity index (χ2n) is 2.88. The predicted molar refractivity (Wildman–Crippen MR) is 45.1 cm³/mol. The topological polar surface area (TPSA) is 0 Å². The first-order chi connectivity index (χ1) is 6.31. The van der Waals surface area contributed by atoms with Crippen LogP contribution in [0.4, 0.5) is 26.3 Å². The first kappa shape index (κ1) is 15.4. The number of halogens is 9. The van der Waals surface area contributed by atoms with E-state index in [9.17, 15) is 26.3 Å². The normalized spacial score (nSPS) is 16.6. The molecule has 9 heteroatoms. The molecular formula is C6H5Cl3F6. The Labute approximate surface area is 96.5 Å². The van der Waals surface area contributed by atoms with Crippen molar-refractivity contribution in [2.24, 2.45) is 5.92 Å². The van der Waals surface area contributed by atoms with Gasteiger partial charge in [0.25, 0.3) is 4.59 Å². The Hall–Kier alpha value is 0.450. The summed E-state index contributed by atoms with van der Waals surface area (Å²) < 4.78 is 69.2. The number of hydrogen-bond acceptors (Lipinski definition) is 0. The molecule has 15 heavy (non-hydrogen) atoms. The van der Waals surface area contributed by atoms with Crippen molar-refractivity contribution in [3.8, 4) is 0 Å². The second kappa shape index (κ2) is 4.75. The van der Waals surface area contributed by atoms with E-state index < -0.39 is 34.9 Å². The van der Waals surface area contributed by atoms with E-state index in [1.54, 1.807) is 0 Å². The van der Waals surface area contributed by atoms with Gasteiger partial charge < -0.3 is 0 Å². The molecule has 0 spiro atoms. The zero-order valence-corrected chi connectivity index (χ0v) is 9.16. The molecule has 0 bridgehead atoms. The summed E-state index contributed by atoms with van der Waals surface area (Å²) in [5, 5.41) is -3.99. The summed E-state index contributed by atoms with van der Waals surface area (Å²) in [5.41, 5.74) is 0. The predicted octanol–water partition coefficient (Wildman–Crippen LogP) is 4.88. The lowest BCUT2D eigenvalue weighted by atomic mass is 10.0. The van der Waals surface area contributed by atoms with Gasteiger partial charge in [-0.3, -0.25) is 0 Å². The fraction of sp³-hybridized carbons (Fsp3) is 1.00. The average Bonchev–Trinajstić information content (AvgIpc) is 1.75. The highest BCUT2D eigenvalue weighted by Crippen LogP contribution is 2.45. The van der Waals surface area contributed by atoms with E-state index in [4.69, 9.17) is 23.2 Å². The van der Waals surface area contributed by atoms with E-state index in [0.717, 1.165) is 0 Å². The molecule has 0 nitrogen and oxygen atoms in total. The molecule has 0 amide bonds. The molecule has 0 rings (SSSR count). The molecule has 0 aromatic heterocycles. The van der Waals surface area contributed by atoms with Crippen LogP contribution in [0.3, 0.4) is 0 Å². The first-order valence-corrected chi connectivity index (χ1v) is 4.65. The van der Waals surface area contributed by atoms with Gasteiger partial charge in [-0.05, 0) is 11.6 Å². The average molecular weight is 297 g/mol. The lowest BCUT2D eigenvalue weighted by Gasteiger charge is -2.25. The highest BCUT2D eigenvalue weighted by atomic mass is 35.5. The first-order valence-electron chi connectivity index (χ1n) is 3.51. The van der Waals surface area contributed by atoms with E-state index in [2.05, 4.69) is 11.6 Å². The molecule has 0 aliphatic carbocycles. The van der Waals surface area contributed by atoms with Crippen molar-refractivity contribution in [1.29, 1.82) is 0 Å². The Bertz CT molecular complexity index is 186. The molecule has 1 unspecified atom stereocenters. The van der Waals surface area contributed by atoms with Crippen LogP contribution in [0.5, 0.6) is 0 Å². The maximum Gasteiger partial charge on any atom is 0.389 e. The second-order valence-corrected chi connectivity index (χ2v) is 4.72. The molecule has 0 heterocycles. The standard InChI is InChI=1S/C6H5Cl3F6/c7-4(10,11)1-3(6(8,9)15)2-5(12,13)14/h3H,1-2H2. The van der Waals surface area contributed by atoms with Crippen molar-refractivity contribution in [3.63, 3.8) is 0 Å². The Balaban J connectivity index is 4.62. The minimum Gasteiger partial charge on any atom is -0.208 e. The maximum absolute atomic E-state index is 12.8. The third-order valence-electron chi connectivity index (χ3n) is 1.42. The number of rotatable bonds is 4. The van der Waals surface area contributed by atoms with Crippen molar-refractivity contribution >= 4 is 34.8 Å². The van der Waals surface area contributed by atoms with Gasteiger partial charge in [0, 0.05) is 12.3 Å². The van der Waals surface area contributed by atoms with Crippen LogP contribution in [0, 0.1) is 5.92 Å². The largest absolute Gasteiger partial charge is 0.389 e. The van der Waals surface area contributed by atoms with Crippen LogP contribution in [0.15, 0.2) is 0 Å². The lowest BCUT2D eigenvalue weighted by Crippen LogP contribution is -2.30. The Morgan fingerprint density at radius 1 is 0.800 bits per heavy atom. The van der Waals surface area contributed by atoms with Crippen LogP contribution < -0.4 is 0 Å². The van der Waals surface area contributed by atoms with Crippen molar-refractivity contribution in [2.45, 2.75) is 29.0 Å². The third-order valence-corrected chi connectivity index (χ3v) is 2.19. The fourth-order valence-electron chi connectivity index (χ4n) is 0.862. The fourth-order valence-corrected chi connectivity index (χ4v) is 1.36. The zero-order chi connectivity index (χ0) is 12.5. The summed E-state index contributed by atoms with van der Waals surface area (Å²) in [6.45, 7) is 0. The molecule has 0 aromatic rings. The van der Waals surface area contributed by atoms with Gasteiger partial charge in [0.1, 0.15) is 0 Å². The van der Waals surface area contributed by atoms with E-state index in [0.29, 0.717) is 0 Å². The SMILES string of the molecule is FC(F)(F)CC(CC(F)(F)Cl)C(F)(Cl)Cl. The van der Waals surface area contributed by atoms with Crippen molar-refractivity contribution in [1.82, 2.24) is 0 Å². The molecule has 0 aliphatic heterocycles. The van der Waals surface area contributed by atoms with Crippen molar-refractivity contribution in [3.05, 3.63) is 0 Å². The molecule has 0 radical (unpaired) electrons. The van der Waals surface area contributed by atoms with Gasteiger partial charge in [0.2, 0.25) is 0 Å². The molecule has 0 saturated carbocycles. The Morgan fingerprint density at radius 3 is 1.40 bits per heavy atom. The van der Waals surface area contributed by atoms with Gasteiger partial charge in [-0.2, -0.15) is 22.0 Å². The maximum atomic E-state index is 12.8. The van der Waals surface area contributed by atoms with Crippen LogP contribution in [0.25, 0.3) is 0 Å². The van der Waals surface area contributed by atoms with Crippen LogP contribution in [-0.2, 0) is 0 Å². The van der Waals surface area contributed by atoms with Gasteiger partial charge in [0.05, 0.1) is 6.42 Å². The summed E-state index contributed by atoms with van der Waals surface area (Å²) in [7, 11) is 0. The third kappa shape index (κ3) is 8.28. The van der Waals surface area contributed by atoms with Crippen LogP contribution in [0.1, 0.15) is 12.8 Å². The van der Waals surface area contributed by atoms with Crippen LogP contribution in [0.2, 0.25) is 0 Å². The highest BCUT2D eigenvalue weighted by molar-refractivity contribution is 6.47. The monoisotopic (exact) mass is 296 g/mol. The summed E-state index contributed by atoms with van der Waals surface area (Å²) >= 11 is 13.8. The van der Waals surface area contributed by atoms with E-state index in [-0.39, 0.29) is 0 Å². The van der Waals surface area contributed by atoms with Gasteiger partial charge >= 0.3 is 11.6 Å². The quantitative estimate of drug-likeness (QED) is 0.512. The van der Waals surface area contributed by atoms with Crippen molar-refractivity contribution < 1.29 is 26.3 Å². The van der Waals surface area contributed by atoms with Gasteiger partial charge in [-0.1, -0.05) is 23.2 Å². The van der Waals surface area contributed by atoms with Gasteiger partial charge in [-0.25, -0.2) is 4.39 Å². The highest BCUT2D eigenvalue weighted by Gasteiger charge is 2.47. The summed E-state index contributed by atoms with van der Waals surface area (Å²) in [4.78, 5) is 0. The molecule has 1 atom stereocenters. The van der Waals surface area contributed by atoms with E-state index in [1.807, 2.05) is 0 Å². The van der Waals surface area contributed by atoms with E-state index in [1.165, 1.54) is 0 Å².